The number of benzene rings is 1. The van der Waals surface area contributed by atoms with Crippen LogP contribution in [0.1, 0.15) is 0 Å². The van der Waals surface area contributed by atoms with Crippen molar-refractivity contribution in [2.75, 3.05) is 16.8 Å². The molecule has 0 bridgehead atoms. The van der Waals surface area contributed by atoms with Gasteiger partial charge in [-0.05, 0) is 0 Å². The van der Waals surface area contributed by atoms with Gasteiger partial charge in [0.05, 0.1) is 5.75 Å². The van der Waals surface area contributed by atoms with Crippen LogP contribution in [0.2, 0.25) is 0 Å². The fourth-order valence-electron chi connectivity index (χ4n) is 1.74. The molecule has 0 aliphatic rings. The van der Waals surface area contributed by atoms with Crippen molar-refractivity contribution in [3.63, 3.8) is 0 Å². The summed E-state index contributed by atoms with van der Waals surface area (Å²) in [7, 11) is 0. The van der Waals surface area contributed by atoms with Crippen LogP contribution in [0.4, 0.5) is 10.1 Å². The summed E-state index contributed by atoms with van der Waals surface area (Å²) in [6, 6.07) is 9.78. The van der Waals surface area contributed by atoms with Crippen LogP contribution in [0.25, 0.3) is 11.3 Å². The lowest BCUT2D eigenvalue weighted by atomic mass is 10.2. The molecular formula is C14H12N4OS3. The minimum atomic E-state index is -0.102. The van der Waals surface area contributed by atoms with Crippen molar-refractivity contribution < 1.29 is 4.79 Å². The quantitative estimate of drug-likeness (QED) is 0.689. The molecule has 0 unspecified atom stereocenters. The molecule has 0 fully saturated rings. The van der Waals surface area contributed by atoms with Gasteiger partial charge >= 0.3 is 0 Å². The SMILES string of the molecule is Nc1sc(SCC(=O)Nc2nccs2)nc1-c1ccccc1. The molecule has 0 saturated carbocycles. The van der Waals surface area contributed by atoms with Crippen LogP contribution >= 0.6 is 34.4 Å². The first-order valence-electron chi connectivity index (χ1n) is 6.36. The molecule has 112 valence electrons. The molecular weight excluding hydrogens is 336 g/mol. The molecule has 1 aromatic carbocycles. The standard InChI is InChI=1S/C14H12N4OS3/c15-12-11(9-4-2-1-3-5-9)18-14(22-12)21-8-10(19)17-13-16-6-7-20-13/h1-7H,8,15H2,(H,16,17,19). The maximum absolute atomic E-state index is 11.8. The molecule has 1 amide bonds. The molecule has 0 atom stereocenters. The van der Waals surface area contributed by atoms with Crippen molar-refractivity contribution >= 4 is 50.5 Å². The van der Waals surface area contributed by atoms with E-state index in [4.69, 9.17) is 5.73 Å². The highest BCUT2D eigenvalue weighted by atomic mass is 32.2. The number of carbonyl (C=O) groups is 1. The lowest BCUT2D eigenvalue weighted by Crippen LogP contribution is -2.13. The molecule has 0 aliphatic carbocycles. The van der Waals surface area contributed by atoms with Gasteiger partial charge in [-0.15, -0.1) is 11.3 Å². The van der Waals surface area contributed by atoms with Crippen LogP contribution in [-0.2, 0) is 4.79 Å². The van der Waals surface area contributed by atoms with Gasteiger partial charge in [0.1, 0.15) is 10.7 Å². The van der Waals surface area contributed by atoms with E-state index in [0.29, 0.717) is 10.1 Å². The average Bonchev–Trinajstić information content (AvgIpc) is 3.16. The van der Waals surface area contributed by atoms with E-state index in [1.54, 1.807) is 6.20 Å². The molecule has 3 aromatic rings. The van der Waals surface area contributed by atoms with E-state index in [-0.39, 0.29) is 11.7 Å². The van der Waals surface area contributed by atoms with E-state index in [9.17, 15) is 4.79 Å². The number of hydrogen-bond acceptors (Lipinski definition) is 7. The first-order chi connectivity index (χ1) is 10.7. The Kier molecular flexibility index (Phi) is 4.71. The van der Waals surface area contributed by atoms with Crippen LogP contribution < -0.4 is 11.1 Å². The Bertz CT molecular complexity index is 756. The molecule has 2 heterocycles. The summed E-state index contributed by atoms with van der Waals surface area (Å²) < 4.78 is 0.783. The lowest BCUT2D eigenvalue weighted by Gasteiger charge is -1.99. The van der Waals surface area contributed by atoms with Gasteiger partial charge in [0.25, 0.3) is 0 Å². The van der Waals surface area contributed by atoms with E-state index >= 15 is 0 Å². The molecule has 0 aliphatic heterocycles. The highest BCUT2D eigenvalue weighted by molar-refractivity contribution is 8.01. The van der Waals surface area contributed by atoms with Crippen molar-refractivity contribution in [3.05, 3.63) is 41.9 Å². The topological polar surface area (TPSA) is 80.9 Å². The number of hydrogen-bond donors (Lipinski definition) is 2. The maximum atomic E-state index is 11.8. The minimum absolute atomic E-state index is 0.102. The zero-order chi connectivity index (χ0) is 15.4. The van der Waals surface area contributed by atoms with E-state index in [2.05, 4.69) is 15.3 Å². The van der Waals surface area contributed by atoms with Gasteiger partial charge in [-0.1, -0.05) is 53.4 Å². The second-order valence-corrected chi connectivity index (χ2v) is 7.38. The van der Waals surface area contributed by atoms with Crippen molar-refractivity contribution in [2.45, 2.75) is 4.34 Å². The summed E-state index contributed by atoms with van der Waals surface area (Å²) in [5, 5.41) is 5.82. The normalized spacial score (nSPS) is 10.5. The zero-order valence-corrected chi connectivity index (χ0v) is 13.8. The number of carbonyl (C=O) groups excluding carboxylic acids is 1. The molecule has 5 nitrogen and oxygen atoms in total. The number of nitrogens with zero attached hydrogens (tertiary/aromatic N) is 2. The largest absolute Gasteiger partial charge is 0.389 e. The number of amides is 1. The summed E-state index contributed by atoms with van der Waals surface area (Å²) in [5.74, 6) is 0.177. The zero-order valence-electron chi connectivity index (χ0n) is 11.4. The Labute approximate surface area is 139 Å². The molecule has 2 aromatic heterocycles. The number of nitrogens with two attached hydrogens (primary N) is 1. The predicted molar refractivity (Wildman–Crippen MR) is 93.4 cm³/mol. The summed E-state index contributed by atoms with van der Waals surface area (Å²) in [4.78, 5) is 20.4. The van der Waals surface area contributed by atoms with Crippen molar-refractivity contribution in [3.8, 4) is 11.3 Å². The first kappa shape index (κ1) is 15.0. The number of nitrogens with one attached hydrogen (secondary N) is 1. The highest BCUT2D eigenvalue weighted by Gasteiger charge is 2.12. The number of rotatable bonds is 5. The van der Waals surface area contributed by atoms with Crippen molar-refractivity contribution in [1.29, 1.82) is 0 Å². The van der Waals surface area contributed by atoms with Crippen LogP contribution in [0.15, 0.2) is 46.2 Å². The first-order valence-corrected chi connectivity index (χ1v) is 9.04. The van der Waals surface area contributed by atoms with Gasteiger partial charge in [0.15, 0.2) is 9.47 Å². The average molecular weight is 348 g/mol. The van der Waals surface area contributed by atoms with Crippen LogP contribution in [0, 0.1) is 0 Å². The van der Waals surface area contributed by atoms with E-state index in [0.717, 1.165) is 15.6 Å². The molecule has 0 radical (unpaired) electrons. The fraction of sp³-hybridized carbons (Fsp3) is 0.0714. The molecule has 3 rings (SSSR count). The third-order valence-corrected chi connectivity index (χ3v) is 5.40. The number of thiazole rings is 2. The second-order valence-electron chi connectivity index (χ2n) is 4.23. The summed E-state index contributed by atoms with van der Waals surface area (Å²) in [5.41, 5.74) is 7.78. The molecule has 0 spiro atoms. The summed E-state index contributed by atoms with van der Waals surface area (Å²) in [6.07, 6.45) is 1.65. The monoisotopic (exact) mass is 348 g/mol. The van der Waals surface area contributed by atoms with Crippen LogP contribution in [-0.4, -0.2) is 21.6 Å². The Morgan fingerprint density at radius 1 is 1.32 bits per heavy atom. The molecule has 8 heteroatoms. The molecule has 0 saturated heterocycles. The highest BCUT2D eigenvalue weighted by Crippen LogP contribution is 2.35. The van der Waals surface area contributed by atoms with Gasteiger partial charge in [0.2, 0.25) is 5.91 Å². The number of nitrogen functional groups attached to an aromatic ring is 1. The van der Waals surface area contributed by atoms with E-state index < -0.39 is 0 Å². The summed E-state index contributed by atoms with van der Waals surface area (Å²) >= 11 is 4.16. The third-order valence-electron chi connectivity index (χ3n) is 2.69. The Morgan fingerprint density at radius 2 is 2.14 bits per heavy atom. The Morgan fingerprint density at radius 3 is 2.86 bits per heavy atom. The molecule has 3 N–H and O–H groups in total. The van der Waals surface area contributed by atoms with Crippen LogP contribution in [0.5, 0.6) is 0 Å². The van der Waals surface area contributed by atoms with Gasteiger partial charge in [0, 0.05) is 17.1 Å². The van der Waals surface area contributed by atoms with Crippen molar-refractivity contribution in [1.82, 2.24) is 9.97 Å². The maximum Gasteiger partial charge on any atom is 0.236 e. The van der Waals surface area contributed by atoms with E-state index in [1.807, 2.05) is 35.7 Å². The fourth-order valence-corrected chi connectivity index (χ4v) is 4.04. The van der Waals surface area contributed by atoms with Gasteiger partial charge in [-0.25, -0.2) is 9.97 Å². The van der Waals surface area contributed by atoms with Gasteiger partial charge in [-0.3, -0.25) is 4.79 Å². The smallest absolute Gasteiger partial charge is 0.236 e. The van der Waals surface area contributed by atoms with Gasteiger partial charge < -0.3 is 11.1 Å². The predicted octanol–water partition coefficient (Wildman–Crippen LogP) is 3.58. The minimum Gasteiger partial charge on any atom is -0.389 e. The molecule has 22 heavy (non-hydrogen) atoms. The summed E-state index contributed by atoms with van der Waals surface area (Å²) in [6.45, 7) is 0. The van der Waals surface area contributed by atoms with Gasteiger partial charge in [-0.2, -0.15) is 0 Å². The Hall–Kier alpha value is -1.90. The second kappa shape index (κ2) is 6.91. The van der Waals surface area contributed by atoms with E-state index in [1.165, 1.54) is 34.4 Å². The lowest BCUT2D eigenvalue weighted by molar-refractivity contribution is -0.113. The number of anilines is 2. The Balaban J connectivity index is 1.63. The number of aromatic nitrogens is 2. The van der Waals surface area contributed by atoms with Crippen LogP contribution in [0.3, 0.4) is 0 Å². The van der Waals surface area contributed by atoms with Crippen molar-refractivity contribution in [2.24, 2.45) is 0 Å². The third kappa shape index (κ3) is 3.65. The number of thioether (sulfide) groups is 1.